The van der Waals surface area contributed by atoms with Crippen molar-refractivity contribution in [1.29, 1.82) is 0 Å². The van der Waals surface area contributed by atoms with Crippen molar-refractivity contribution in [3.05, 3.63) is 0 Å². The summed E-state index contributed by atoms with van der Waals surface area (Å²) in [5, 5.41) is 0. The monoisotopic (exact) mass is 218 g/mol. The highest BCUT2D eigenvalue weighted by Gasteiger charge is 2.05. The Balaban J connectivity index is 3.44. The van der Waals surface area contributed by atoms with E-state index in [0.717, 1.165) is 0 Å². The van der Waals surface area contributed by atoms with Crippen LogP contribution in [0.25, 0.3) is 0 Å². The zero-order valence-electron chi connectivity index (χ0n) is 6.36. The largest absolute Gasteiger partial charge is 0.327 e. The highest BCUT2D eigenvalue weighted by Crippen LogP contribution is 2.23. The smallest absolute Gasteiger partial charge is 0.189 e. The Morgan fingerprint density at radius 1 is 1.36 bits per heavy atom. The molecule has 0 heterocycles. The third kappa shape index (κ3) is 8.64. The number of hydrogen-bond acceptors (Lipinski definition) is 5. The molecule has 0 aromatic heterocycles. The van der Waals surface area contributed by atoms with Crippen molar-refractivity contribution >= 4 is 28.7 Å². The second-order valence-electron chi connectivity index (χ2n) is 1.87. The molecule has 0 fully saturated rings. The molecule has 0 rings (SSSR count). The van der Waals surface area contributed by atoms with Gasteiger partial charge in [-0.15, -0.1) is 12.6 Å². The van der Waals surface area contributed by atoms with Gasteiger partial charge in [-0.05, 0) is 0 Å². The first kappa shape index (κ1) is 11.7. The van der Waals surface area contributed by atoms with Crippen LogP contribution in [-0.2, 0) is 18.2 Å². The summed E-state index contributed by atoms with van der Waals surface area (Å²) < 4.78 is 30.4. The molecule has 0 aliphatic heterocycles. The molecular weight excluding hydrogens is 206 g/mol. The molecule has 0 amide bonds. The normalized spacial score (nSPS) is 19.2. The predicted molar refractivity (Wildman–Crippen MR) is 49.7 cm³/mol. The lowest BCUT2D eigenvalue weighted by molar-refractivity contribution is 0.211. The van der Waals surface area contributed by atoms with Crippen LogP contribution in [0.4, 0.5) is 0 Å². The molecule has 11 heavy (non-hydrogen) atoms. The van der Waals surface area contributed by atoms with Gasteiger partial charge in [0.1, 0.15) is 5.44 Å². The molecule has 0 saturated heterocycles. The second-order valence-corrected chi connectivity index (χ2v) is 4.93. The fourth-order valence-electron chi connectivity index (χ4n) is 0.414. The minimum atomic E-state index is -1.98. The van der Waals surface area contributed by atoms with Crippen LogP contribution in [0.1, 0.15) is 0 Å². The van der Waals surface area contributed by atoms with Crippen LogP contribution in [0, 0.1) is 0 Å². The lowest BCUT2D eigenvalue weighted by atomic mass is 10.8. The van der Waals surface area contributed by atoms with Crippen molar-refractivity contribution in [2.45, 2.75) is 5.44 Å². The third-order valence-electron chi connectivity index (χ3n) is 0.731. The quantitative estimate of drug-likeness (QED) is 0.431. The summed E-state index contributed by atoms with van der Waals surface area (Å²) >= 11 is 3.90. The Hall–Kier alpha value is 0.730. The maximum atomic E-state index is 10.5. The summed E-state index contributed by atoms with van der Waals surface area (Å²) in [6.45, 7) is 3.05. The molecule has 3 unspecified atom stereocenters. The van der Waals surface area contributed by atoms with Crippen molar-refractivity contribution < 1.29 is 18.2 Å². The van der Waals surface area contributed by atoms with Crippen LogP contribution in [-0.4, -0.2) is 25.4 Å². The van der Waals surface area contributed by atoms with Crippen LogP contribution < -0.4 is 0 Å². The summed E-state index contributed by atoms with van der Waals surface area (Å²) in [4.78, 5) is 0. The standard InChI is InChI=1S/C4H12O4P2S/c1-9(5)7-3-4(11)8-10(2)6/h4,9-11H,3H2,1-2H3. The maximum Gasteiger partial charge on any atom is 0.189 e. The van der Waals surface area contributed by atoms with E-state index in [1.807, 2.05) is 0 Å². The third-order valence-corrected chi connectivity index (χ3v) is 2.37. The Kier molecular flexibility index (Phi) is 6.68. The van der Waals surface area contributed by atoms with Gasteiger partial charge in [-0.2, -0.15) is 0 Å². The molecule has 4 nitrogen and oxygen atoms in total. The van der Waals surface area contributed by atoms with Gasteiger partial charge in [0.25, 0.3) is 0 Å². The topological polar surface area (TPSA) is 52.6 Å². The first-order chi connectivity index (χ1) is 5.02. The van der Waals surface area contributed by atoms with E-state index in [2.05, 4.69) is 12.6 Å². The van der Waals surface area contributed by atoms with Crippen LogP contribution in [0.2, 0.25) is 0 Å². The molecular formula is C4H12O4P2S. The van der Waals surface area contributed by atoms with Gasteiger partial charge in [-0.1, -0.05) is 0 Å². The highest BCUT2D eigenvalue weighted by atomic mass is 32.1. The van der Waals surface area contributed by atoms with Crippen molar-refractivity contribution in [3.8, 4) is 0 Å². The van der Waals surface area contributed by atoms with E-state index >= 15 is 0 Å². The SMILES string of the molecule is C[PH](=O)OCC(S)O[PH](C)=O. The fraction of sp³-hybridized carbons (Fsp3) is 1.00. The zero-order valence-corrected chi connectivity index (χ0v) is 9.26. The molecule has 0 aromatic rings. The van der Waals surface area contributed by atoms with Gasteiger partial charge in [0.05, 0.1) is 6.61 Å². The van der Waals surface area contributed by atoms with E-state index in [1.54, 1.807) is 0 Å². The van der Waals surface area contributed by atoms with Gasteiger partial charge in [-0.3, -0.25) is 9.13 Å². The molecule has 0 radical (unpaired) electrons. The minimum Gasteiger partial charge on any atom is -0.327 e. The first-order valence-electron chi connectivity index (χ1n) is 3.01. The molecule has 3 atom stereocenters. The second kappa shape index (κ2) is 6.27. The van der Waals surface area contributed by atoms with E-state index in [0.29, 0.717) is 0 Å². The van der Waals surface area contributed by atoms with Crippen molar-refractivity contribution in [1.82, 2.24) is 0 Å². The first-order valence-corrected chi connectivity index (χ1v) is 7.16. The molecule has 7 heteroatoms. The Morgan fingerprint density at radius 3 is 2.27 bits per heavy atom. The molecule has 0 aliphatic rings. The summed E-state index contributed by atoms with van der Waals surface area (Å²) in [7, 11) is -3.91. The molecule has 0 bridgehead atoms. The predicted octanol–water partition coefficient (Wildman–Crippen LogP) is 1.48. The van der Waals surface area contributed by atoms with E-state index < -0.39 is 21.5 Å². The maximum absolute atomic E-state index is 10.5. The van der Waals surface area contributed by atoms with Gasteiger partial charge in [0, 0.05) is 13.3 Å². The minimum absolute atomic E-state index is 0.113. The summed E-state index contributed by atoms with van der Waals surface area (Å²) in [5.74, 6) is 0. The molecule has 0 spiro atoms. The van der Waals surface area contributed by atoms with Crippen molar-refractivity contribution in [2.75, 3.05) is 19.9 Å². The van der Waals surface area contributed by atoms with Crippen LogP contribution >= 0.6 is 28.7 Å². The average Bonchev–Trinajstić information content (AvgIpc) is 1.82. The Bertz CT molecular complexity index is 162. The van der Waals surface area contributed by atoms with Crippen LogP contribution in [0.5, 0.6) is 0 Å². The number of rotatable bonds is 5. The average molecular weight is 218 g/mol. The van der Waals surface area contributed by atoms with E-state index in [9.17, 15) is 9.13 Å². The fourth-order valence-corrected chi connectivity index (χ4v) is 1.91. The van der Waals surface area contributed by atoms with Gasteiger partial charge in [-0.25, -0.2) is 0 Å². The highest BCUT2D eigenvalue weighted by molar-refractivity contribution is 7.81. The van der Waals surface area contributed by atoms with Gasteiger partial charge in [0.15, 0.2) is 16.1 Å². The number of hydrogen-bond donors (Lipinski definition) is 1. The van der Waals surface area contributed by atoms with Crippen LogP contribution in [0.3, 0.4) is 0 Å². The lowest BCUT2D eigenvalue weighted by Gasteiger charge is -2.08. The molecule has 68 valence electrons. The molecule has 0 saturated carbocycles. The Morgan fingerprint density at radius 2 is 1.91 bits per heavy atom. The summed E-state index contributed by atoms with van der Waals surface area (Å²) in [6, 6.07) is 0. The van der Waals surface area contributed by atoms with Crippen LogP contribution in [0.15, 0.2) is 0 Å². The van der Waals surface area contributed by atoms with Gasteiger partial charge >= 0.3 is 0 Å². The molecule has 0 aliphatic carbocycles. The summed E-state index contributed by atoms with van der Waals surface area (Å²) in [6.07, 6.45) is 0. The molecule has 0 N–H and O–H groups in total. The van der Waals surface area contributed by atoms with E-state index in [1.165, 1.54) is 13.3 Å². The van der Waals surface area contributed by atoms with Crippen molar-refractivity contribution in [2.24, 2.45) is 0 Å². The lowest BCUT2D eigenvalue weighted by Crippen LogP contribution is -2.06. The van der Waals surface area contributed by atoms with E-state index in [-0.39, 0.29) is 6.61 Å². The summed E-state index contributed by atoms with van der Waals surface area (Å²) in [5.41, 5.74) is -0.541. The Labute approximate surface area is 72.8 Å². The van der Waals surface area contributed by atoms with Gasteiger partial charge < -0.3 is 9.05 Å². The van der Waals surface area contributed by atoms with Gasteiger partial charge in [0.2, 0.25) is 0 Å². The van der Waals surface area contributed by atoms with Crippen molar-refractivity contribution in [3.63, 3.8) is 0 Å². The van der Waals surface area contributed by atoms with E-state index in [4.69, 9.17) is 9.05 Å². The number of thiol groups is 1. The zero-order chi connectivity index (χ0) is 8.85. The molecule has 0 aromatic carbocycles.